The Labute approximate surface area is 610 Å². The molecule has 5 aliphatic rings. The van der Waals surface area contributed by atoms with Crippen molar-refractivity contribution in [3.8, 4) is 78.4 Å². The molecule has 2 aliphatic heterocycles. The van der Waals surface area contributed by atoms with Gasteiger partial charge in [-0.05, 0) is 216 Å². The summed E-state index contributed by atoms with van der Waals surface area (Å²) in [5.41, 5.74) is 45.3. The predicted octanol–water partition coefficient (Wildman–Crippen LogP) is 18.5. The van der Waals surface area contributed by atoms with Crippen molar-refractivity contribution in [1.82, 2.24) is 19.9 Å². The highest BCUT2D eigenvalue weighted by atomic mass is 15.1. The number of aromatic nitrogens is 8. The van der Waals surface area contributed by atoms with Crippen LogP contribution in [0.1, 0.15) is 139 Å². The maximum Gasteiger partial charge on any atom is 0.234 e. The van der Waals surface area contributed by atoms with Crippen molar-refractivity contribution in [3.63, 3.8) is 0 Å². The maximum atomic E-state index is 4.73. The van der Waals surface area contributed by atoms with Gasteiger partial charge in [-0.1, -0.05) is 153 Å². The second-order valence-electron chi connectivity index (χ2n) is 30.3. The van der Waals surface area contributed by atoms with Crippen LogP contribution in [-0.4, -0.2) is 33.0 Å². The summed E-state index contributed by atoms with van der Waals surface area (Å²) in [6.45, 7) is 32.9. The van der Waals surface area contributed by atoms with Crippen LogP contribution in [0.4, 0.5) is 5.69 Å². The molecule has 6 heterocycles. The first-order chi connectivity index (χ1) is 49.5. The molecule has 103 heavy (non-hydrogen) atoms. The third-order valence-corrected chi connectivity index (χ3v) is 23.8. The van der Waals surface area contributed by atoms with Crippen LogP contribution >= 0.6 is 0 Å². The number of nitrogens with zero attached hydrogens (tertiary/aromatic N) is 9. The van der Waals surface area contributed by atoms with Crippen molar-refractivity contribution in [2.24, 2.45) is 28.2 Å². The van der Waals surface area contributed by atoms with Gasteiger partial charge in [0.2, 0.25) is 22.8 Å². The van der Waals surface area contributed by atoms with E-state index in [2.05, 4.69) is 327 Å². The van der Waals surface area contributed by atoms with Crippen LogP contribution in [0, 0.1) is 83.1 Å². The van der Waals surface area contributed by atoms with Gasteiger partial charge in [-0.25, -0.2) is 19.9 Å². The molecule has 9 heteroatoms. The molecule has 3 aliphatic carbocycles. The molecule has 0 saturated carbocycles. The summed E-state index contributed by atoms with van der Waals surface area (Å²) in [6.07, 6.45) is 12.8. The van der Waals surface area contributed by atoms with E-state index in [1.165, 1.54) is 195 Å². The van der Waals surface area contributed by atoms with Gasteiger partial charge in [0.05, 0.1) is 52.5 Å². The van der Waals surface area contributed by atoms with Crippen LogP contribution in [-0.2, 0) is 51.9 Å². The molecule has 0 amide bonds. The summed E-state index contributed by atoms with van der Waals surface area (Å²) in [5, 5.41) is 2.56. The lowest BCUT2D eigenvalue weighted by Gasteiger charge is -2.38. The van der Waals surface area contributed by atoms with Crippen LogP contribution in [0.25, 0.3) is 89.2 Å². The molecular formula is C94H97N9+4. The molecule has 1 spiro atoms. The van der Waals surface area contributed by atoms with Crippen molar-refractivity contribution in [1.29, 1.82) is 0 Å². The van der Waals surface area contributed by atoms with Gasteiger partial charge >= 0.3 is 0 Å². The fourth-order valence-corrected chi connectivity index (χ4v) is 18.0. The first-order valence-corrected chi connectivity index (χ1v) is 36.9. The van der Waals surface area contributed by atoms with Gasteiger partial charge in [0.25, 0.3) is 0 Å². The van der Waals surface area contributed by atoms with E-state index in [1.54, 1.807) is 16.8 Å². The normalized spacial score (nSPS) is 14.0. The van der Waals surface area contributed by atoms with Crippen LogP contribution in [0.5, 0.6) is 0 Å². The zero-order chi connectivity index (χ0) is 72.2. The molecule has 18 rings (SSSR count). The van der Waals surface area contributed by atoms with Crippen molar-refractivity contribution < 1.29 is 18.3 Å². The lowest BCUT2D eigenvalue weighted by atomic mass is 9.70. The second-order valence-corrected chi connectivity index (χ2v) is 30.3. The highest BCUT2D eigenvalue weighted by Gasteiger charge is 2.52. The lowest BCUT2D eigenvalue weighted by Crippen LogP contribution is -2.37. The number of anilines is 1. The van der Waals surface area contributed by atoms with E-state index in [4.69, 9.17) is 4.98 Å². The average Bonchev–Trinajstić information content (AvgIpc) is 1.51. The first kappa shape index (κ1) is 68.1. The quantitative estimate of drug-likeness (QED) is 0.164. The summed E-state index contributed by atoms with van der Waals surface area (Å²) in [5.74, 6) is 0. The van der Waals surface area contributed by atoms with Crippen LogP contribution in [0.3, 0.4) is 0 Å². The minimum atomic E-state index is -0.314. The van der Waals surface area contributed by atoms with Crippen LogP contribution in [0.2, 0.25) is 0 Å². The number of hydrogen-bond acceptors (Lipinski definition) is 5. The Bertz CT molecular complexity index is 5610. The number of rotatable bonds is 4. The third kappa shape index (κ3) is 11.1. The minimum Gasteiger partial charge on any atom is -0.371 e. The van der Waals surface area contributed by atoms with Gasteiger partial charge < -0.3 is 4.90 Å². The zero-order valence-corrected chi connectivity index (χ0v) is 63.7. The summed E-state index contributed by atoms with van der Waals surface area (Å²) < 4.78 is 9.06. The topological polar surface area (TPSA) is 70.3 Å². The van der Waals surface area contributed by atoms with Gasteiger partial charge in [0.1, 0.15) is 51.0 Å². The number of benzene rings is 9. The molecule has 0 bridgehead atoms. The van der Waals surface area contributed by atoms with E-state index in [0.717, 1.165) is 34.2 Å². The molecule has 0 N–H and O–H groups in total. The summed E-state index contributed by atoms with van der Waals surface area (Å²) >= 11 is 0. The van der Waals surface area contributed by atoms with E-state index in [1.807, 2.05) is 24.8 Å². The Balaban J connectivity index is 0.000000113. The van der Waals surface area contributed by atoms with Gasteiger partial charge in [0, 0.05) is 51.9 Å². The van der Waals surface area contributed by atoms with Crippen molar-refractivity contribution in [3.05, 3.63) is 301 Å². The standard InChI is InChI=1S/C33H27N2.C23H25N2.C20H26N3.C18H19N2/c1-20-17-27-25-13-7-10-16-30(25)33(28-14-8-5-11-23(28)24-12-6-9-15-29(24)33)31(27)18-26(20)32-22(3)34-19-21(2)35(32)4;1-14-11-19-17-9-7-8-10-20(17)23(4,5)21(19)12-18(14)22-16(3)24-13-15(2)25(22)6;1-13-12-21-15(3)19(22(13)4)18-11-16-7-5-9-23-10-6-8-17(14(18)2)20(16)23;1-12-9-15-7-5-6-8-16(15)10-17(12)18-14(3)19-11-13(2)20(18)4/h5-19H,1-4H3;7-13H,1-6H3;11-12H,5-10H2,1-4H3;5-11H,1-4H3/q4*+1. The van der Waals surface area contributed by atoms with Crippen LogP contribution < -0.4 is 23.2 Å². The molecule has 0 saturated heterocycles. The zero-order valence-electron chi connectivity index (χ0n) is 63.7. The van der Waals surface area contributed by atoms with Gasteiger partial charge in [-0.15, -0.1) is 0 Å². The number of fused-ring (bicyclic) bond motifs is 14. The maximum absolute atomic E-state index is 4.73. The first-order valence-electron chi connectivity index (χ1n) is 36.9. The molecule has 0 fully saturated rings. The van der Waals surface area contributed by atoms with E-state index in [9.17, 15) is 0 Å². The van der Waals surface area contributed by atoms with Crippen LogP contribution in [0.15, 0.2) is 189 Å². The molecular weight excluding hydrogens is 1260 g/mol. The molecule has 0 radical (unpaired) electrons. The Kier molecular flexibility index (Phi) is 17.4. The molecule has 0 atom stereocenters. The van der Waals surface area contributed by atoms with Gasteiger partial charge in [0.15, 0.2) is 22.8 Å². The highest BCUT2D eigenvalue weighted by Crippen LogP contribution is 2.63. The molecule has 13 aromatic rings. The number of hydrogen-bond donors (Lipinski definition) is 0. The summed E-state index contributed by atoms with van der Waals surface area (Å²) in [7, 11) is 8.55. The largest absolute Gasteiger partial charge is 0.371 e. The van der Waals surface area contributed by atoms with Gasteiger partial charge in [-0.2, -0.15) is 18.3 Å². The summed E-state index contributed by atoms with van der Waals surface area (Å²) in [4.78, 5) is 21.1. The smallest absolute Gasteiger partial charge is 0.234 e. The monoisotopic (exact) mass is 1350 g/mol. The van der Waals surface area contributed by atoms with E-state index in [-0.39, 0.29) is 10.8 Å². The van der Waals surface area contributed by atoms with E-state index < -0.39 is 0 Å². The average molecular weight is 1350 g/mol. The van der Waals surface area contributed by atoms with Gasteiger partial charge in [-0.3, -0.25) is 0 Å². The van der Waals surface area contributed by atoms with E-state index in [0.29, 0.717) is 0 Å². The molecule has 0 unspecified atom stereocenters. The predicted molar refractivity (Wildman–Crippen MR) is 420 cm³/mol. The summed E-state index contributed by atoms with van der Waals surface area (Å²) in [6, 6.07) is 60.9. The number of aryl methyl sites for hydroxylation is 12. The van der Waals surface area contributed by atoms with Crippen molar-refractivity contribution in [2.75, 3.05) is 18.0 Å². The SMILES string of the molecule is Cc1cc2c(cc1-c1c(C)ncc(C)[n+]1C)C(C)(C)c1ccccc1-2.Cc1cc2c(cc1-c1c(C)ncc(C)[n+]1C)C1(c3ccccc3-c3ccccc31)c1ccccc1-2.Cc1cc2ccccc2cc1-c1c(C)ncc(C)[n+]1C.Cc1ncc(C)[n+](C)c1-c1cc2c3c(c1C)CCCN3CCC2. The third-order valence-electron chi connectivity index (χ3n) is 23.8. The Morgan fingerprint density at radius 3 is 1.15 bits per heavy atom. The minimum absolute atomic E-state index is 0.0259. The van der Waals surface area contributed by atoms with Crippen molar-refractivity contribution in [2.45, 2.75) is 133 Å². The molecule has 9 nitrogen and oxygen atoms in total. The van der Waals surface area contributed by atoms with E-state index >= 15 is 0 Å². The Hall–Kier alpha value is -10.6. The fraction of sp³-hybridized carbons (Fsp3) is 0.277. The highest BCUT2D eigenvalue weighted by molar-refractivity contribution is 5.96. The Morgan fingerprint density at radius 2 is 0.680 bits per heavy atom. The second kappa shape index (κ2) is 26.3. The fourth-order valence-electron chi connectivity index (χ4n) is 18.0. The lowest BCUT2D eigenvalue weighted by molar-refractivity contribution is -0.667. The van der Waals surface area contributed by atoms with Crippen molar-refractivity contribution >= 4 is 16.5 Å². The molecule has 514 valence electrons. The molecule has 9 aromatic carbocycles. The molecule has 4 aromatic heterocycles. The Morgan fingerprint density at radius 1 is 0.330 bits per heavy atom.